The third kappa shape index (κ3) is 6.29. The van der Waals surface area contributed by atoms with Crippen molar-refractivity contribution in [3.05, 3.63) is 129 Å². The smallest absolute Gasteiger partial charge is 0.279 e. The Morgan fingerprint density at radius 2 is 1.71 bits per heavy atom. The van der Waals surface area contributed by atoms with Crippen LogP contribution in [0.4, 0.5) is 5.69 Å². The van der Waals surface area contributed by atoms with Crippen LogP contribution in [0.15, 0.2) is 106 Å². The number of aliphatic hydroxyl groups is 1. The highest BCUT2D eigenvalue weighted by molar-refractivity contribution is 9.10. The number of fused-ring (bicyclic) bond motifs is 3. The standard InChI is InChI=1S/C39H41BrN4O6Si/c1-25-36(51(2,3)49)34(22-35(46)42(18-19-45)23-26-10-5-4-6-11-26)50-39(25)31-21-28(40)16-17-33(31)43(38(39)48)24-27-12-9-13-29(20-27)44-37(47)30-14-7-8-15-32(30)41-44/h4-17,20-21,25,34,36,41,45,49H,18-19,22-24H2,1-3H3/t25-,34+,36-,39+/m0/s1. The third-order valence-electron chi connectivity index (χ3n) is 10.4. The minimum absolute atomic E-state index is 0.0432. The van der Waals surface area contributed by atoms with Gasteiger partial charge in [-0.2, -0.15) is 0 Å². The van der Waals surface area contributed by atoms with Gasteiger partial charge < -0.3 is 24.4 Å². The van der Waals surface area contributed by atoms with Crippen molar-refractivity contribution in [2.24, 2.45) is 5.92 Å². The number of benzene rings is 4. The van der Waals surface area contributed by atoms with Crippen LogP contribution in [-0.2, 0) is 33.0 Å². The van der Waals surface area contributed by atoms with Crippen molar-refractivity contribution in [3.8, 4) is 5.69 Å². The number of nitrogens with zero attached hydrogens (tertiary/aromatic N) is 3. The van der Waals surface area contributed by atoms with Crippen LogP contribution in [0.1, 0.15) is 30.0 Å². The lowest BCUT2D eigenvalue weighted by atomic mass is 9.82. The highest BCUT2D eigenvalue weighted by Crippen LogP contribution is 2.60. The molecule has 264 valence electrons. The van der Waals surface area contributed by atoms with Crippen molar-refractivity contribution < 1.29 is 24.2 Å². The maximum atomic E-state index is 15.0. The van der Waals surface area contributed by atoms with Gasteiger partial charge in [0, 0.05) is 34.6 Å². The number of aromatic nitrogens is 2. The molecule has 5 aromatic rings. The molecule has 0 unspecified atom stereocenters. The van der Waals surface area contributed by atoms with Crippen LogP contribution in [0.2, 0.25) is 18.6 Å². The molecule has 10 nitrogen and oxygen atoms in total. The average molecular weight is 770 g/mol. The number of rotatable bonds is 10. The zero-order valence-corrected chi connectivity index (χ0v) is 31.3. The van der Waals surface area contributed by atoms with Gasteiger partial charge >= 0.3 is 0 Å². The molecule has 1 fully saturated rings. The molecule has 1 spiro atoms. The number of amides is 2. The number of H-pyrrole nitrogens is 1. The number of aliphatic hydroxyl groups excluding tert-OH is 1. The number of halogens is 1. The van der Waals surface area contributed by atoms with Crippen LogP contribution >= 0.6 is 15.9 Å². The summed E-state index contributed by atoms with van der Waals surface area (Å²) in [6.07, 6.45) is -0.775. The molecule has 1 saturated heterocycles. The molecule has 0 radical (unpaired) electrons. The van der Waals surface area contributed by atoms with Crippen LogP contribution in [0, 0.1) is 5.92 Å². The fourth-order valence-electron chi connectivity index (χ4n) is 8.14. The monoisotopic (exact) mass is 768 g/mol. The molecule has 4 aromatic carbocycles. The Hall–Kier alpha value is -4.33. The number of nitrogens with one attached hydrogen (secondary N) is 1. The predicted molar refractivity (Wildman–Crippen MR) is 202 cm³/mol. The van der Waals surface area contributed by atoms with Crippen molar-refractivity contribution in [1.29, 1.82) is 0 Å². The molecule has 12 heteroatoms. The highest BCUT2D eigenvalue weighted by atomic mass is 79.9. The van der Waals surface area contributed by atoms with E-state index in [0.717, 1.165) is 21.1 Å². The summed E-state index contributed by atoms with van der Waals surface area (Å²) >= 11 is 3.61. The van der Waals surface area contributed by atoms with Gasteiger partial charge in [0.25, 0.3) is 11.5 Å². The number of hydrogen-bond acceptors (Lipinski definition) is 6. The minimum atomic E-state index is -3.03. The second-order valence-corrected chi connectivity index (χ2v) is 19.0. The molecule has 3 N–H and O–H groups in total. The Bertz CT molecular complexity index is 2160. The second kappa shape index (κ2) is 13.7. The Morgan fingerprint density at radius 3 is 2.43 bits per heavy atom. The van der Waals surface area contributed by atoms with Crippen molar-refractivity contribution in [2.75, 3.05) is 18.1 Å². The molecule has 0 saturated carbocycles. The largest absolute Gasteiger partial charge is 0.432 e. The van der Waals surface area contributed by atoms with Crippen molar-refractivity contribution >= 4 is 52.7 Å². The molecular formula is C39H41BrN4O6Si. The zero-order valence-electron chi connectivity index (χ0n) is 28.8. The molecule has 51 heavy (non-hydrogen) atoms. The van der Waals surface area contributed by atoms with Crippen molar-refractivity contribution in [2.45, 2.75) is 56.8 Å². The summed E-state index contributed by atoms with van der Waals surface area (Å²) in [6, 6.07) is 30.1. The normalized spacial score (nSPS) is 21.5. The van der Waals surface area contributed by atoms with Crippen molar-refractivity contribution in [3.63, 3.8) is 0 Å². The minimum Gasteiger partial charge on any atom is -0.432 e. The van der Waals surface area contributed by atoms with Crippen LogP contribution in [-0.4, -0.2) is 64.0 Å². The quantitative estimate of drug-likeness (QED) is 0.153. The lowest BCUT2D eigenvalue weighted by molar-refractivity contribution is -0.150. The number of ether oxygens (including phenoxy) is 1. The topological polar surface area (TPSA) is 128 Å². The first-order valence-electron chi connectivity index (χ1n) is 17.2. The molecule has 2 amide bonds. The molecule has 3 heterocycles. The van der Waals surface area contributed by atoms with Crippen LogP contribution in [0.3, 0.4) is 0 Å². The maximum Gasteiger partial charge on any atom is 0.279 e. The Balaban J connectivity index is 1.22. The average Bonchev–Trinajstić information content (AvgIpc) is 3.68. The third-order valence-corrected chi connectivity index (χ3v) is 13.4. The van der Waals surface area contributed by atoms with Crippen LogP contribution in [0.5, 0.6) is 0 Å². The van der Waals surface area contributed by atoms with Gasteiger partial charge in [-0.25, -0.2) is 4.68 Å². The number of para-hydroxylation sites is 1. The Labute approximate surface area is 305 Å². The lowest BCUT2D eigenvalue weighted by Crippen LogP contribution is -2.46. The summed E-state index contributed by atoms with van der Waals surface area (Å²) in [5.41, 5.74) is 2.46. The predicted octanol–water partition coefficient (Wildman–Crippen LogP) is 5.84. The molecule has 2 aliphatic heterocycles. The van der Waals surface area contributed by atoms with E-state index in [0.29, 0.717) is 28.9 Å². The summed E-state index contributed by atoms with van der Waals surface area (Å²) < 4.78 is 9.20. The summed E-state index contributed by atoms with van der Waals surface area (Å²) in [5, 5.41) is 13.6. The van der Waals surface area contributed by atoms with Crippen molar-refractivity contribution in [1.82, 2.24) is 14.7 Å². The molecule has 2 aliphatic rings. The van der Waals surface area contributed by atoms with E-state index in [1.165, 1.54) is 4.68 Å². The fourth-order valence-corrected chi connectivity index (χ4v) is 11.1. The summed E-state index contributed by atoms with van der Waals surface area (Å²) in [4.78, 5) is 57.1. The summed E-state index contributed by atoms with van der Waals surface area (Å²) in [5.74, 6) is -0.929. The highest BCUT2D eigenvalue weighted by Gasteiger charge is 2.66. The first kappa shape index (κ1) is 35.1. The summed E-state index contributed by atoms with van der Waals surface area (Å²) in [7, 11) is -3.03. The molecule has 7 rings (SSSR count). The number of aromatic amines is 1. The number of carbonyl (C=O) groups is 2. The van der Waals surface area contributed by atoms with Crippen LogP contribution < -0.4 is 10.5 Å². The van der Waals surface area contributed by atoms with E-state index in [1.807, 2.05) is 111 Å². The van der Waals surface area contributed by atoms with E-state index in [-0.39, 0.29) is 43.5 Å². The molecule has 0 aliphatic carbocycles. The molecule has 4 atom stereocenters. The van der Waals surface area contributed by atoms with E-state index in [4.69, 9.17) is 4.74 Å². The second-order valence-electron chi connectivity index (χ2n) is 14.1. The number of anilines is 1. The number of hydrogen-bond donors (Lipinski definition) is 3. The Kier molecular flexibility index (Phi) is 9.40. The molecule has 0 bridgehead atoms. The lowest BCUT2D eigenvalue weighted by Gasteiger charge is -2.32. The first-order chi connectivity index (χ1) is 24.4. The zero-order chi connectivity index (χ0) is 36.1. The molecular weight excluding hydrogens is 728 g/mol. The van der Waals surface area contributed by atoms with Gasteiger partial charge in [-0.1, -0.05) is 77.5 Å². The van der Waals surface area contributed by atoms with Gasteiger partial charge in [0.15, 0.2) is 13.9 Å². The van der Waals surface area contributed by atoms with E-state index >= 15 is 0 Å². The van der Waals surface area contributed by atoms with E-state index in [9.17, 15) is 24.3 Å². The molecule has 1 aromatic heterocycles. The van der Waals surface area contributed by atoms with E-state index < -0.39 is 31.5 Å². The number of carbonyl (C=O) groups excluding carboxylic acids is 2. The van der Waals surface area contributed by atoms with Gasteiger partial charge in [-0.3, -0.25) is 19.5 Å². The van der Waals surface area contributed by atoms with Gasteiger partial charge in [0.1, 0.15) is 0 Å². The van der Waals surface area contributed by atoms with E-state index in [1.54, 1.807) is 15.9 Å². The summed E-state index contributed by atoms with van der Waals surface area (Å²) in [6.45, 7) is 6.11. The van der Waals surface area contributed by atoms with Gasteiger partial charge in [0.05, 0.1) is 48.0 Å². The van der Waals surface area contributed by atoms with Gasteiger partial charge in [-0.15, -0.1) is 0 Å². The SMILES string of the molecule is C[C@H]1[C@H]([Si](C)(C)O)[C@@H](CC(=O)N(CCO)Cc2ccccc2)O[C@]12C(=O)N(Cc1cccc(-n3[nH]c4ccccc4c3=O)c1)c1ccc(Br)cc12. The van der Waals surface area contributed by atoms with E-state index in [2.05, 4.69) is 21.0 Å². The fraction of sp³-hybridized carbons (Fsp3) is 0.308. The first-order valence-corrected chi connectivity index (χ1v) is 21.0. The van der Waals surface area contributed by atoms with Gasteiger partial charge in [0.2, 0.25) is 5.91 Å². The maximum absolute atomic E-state index is 15.0. The Morgan fingerprint density at radius 1 is 0.980 bits per heavy atom. The van der Waals surface area contributed by atoms with Gasteiger partial charge in [-0.05, 0) is 66.7 Å². The van der Waals surface area contributed by atoms with Crippen LogP contribution in [0.25, 0.3) is 16.6 Å².